The molecule has 0 saturated carbocycles. The number of amides is 1. The summed E-state index contributed by atoms with van der Waals surface area (Å²) >= 11 is 5.99. The van der Waals surface area contributed by atoms with Crippen LogP contribution in [0.3, 0.4) is 0 Å². The third-order valence-corrected chi connectivity index (χ3v) is 4.67. The minimum Gasteiger partial charge on any atom is -0.595 e. The minimum atomic E-state index is -0.696. The van der Waals surface area contributed by atoms with Gasteiger partial charge in [-0.25, -0.2) is 0 Å². The van der Waals surface area contributed by atoms with Crippen molar-refractivity contribution in [3.63, 3.8) is 0 Å². The lowest BCUT2D eigenvalue weighted by molar-refractivity contribution is -0.260. The summed E-state index contributed by atoms with van der Waals surface area (Å²) in [6.45, 7) is 9.10. The number of rotatable bonds is 3. The van der Waals surface area contributed by atoms with Crippen LogP contribution in [0, 0.1) is 0 Å². The standard InChI is InChI=1S/C13H24N2O3S2/c1-12(2,3)18-11(17)14-6-10(16)15-9(7-19)8-20-13(15,4)5/h9,19H,6-8H2,1-5H3,(H,14,17)/p-1/t9-/m0/s1. The first-order chi connectivity index (χ1) is 9.07. The zero-order chi connectivity index (χ0) is 15.6. The first kappa shape index (κ1) is 17.5. The molecule has 0 aromatic carbocycles. The zero-order valence-electron chi connectivity index (χ0n) is 12.7. The molecule has 0 spiro atoms. The van der Waals surface area contributed by atoms with E-state index >= 15 is 0 Å². The van der Waals surface area contributed by atoms with Crippen molar-refractivity contribution in [2.24, 2.45) is 4.99 Å². The Morgan fingerprint density at radius 1 is 1.55 bits per heavy atom. The number of aliphatic imine (C=N–C) groups is 1. The van der Waals surface area contributed by atoms with E-state index in [0.29, 0.717) is 5.75 Å². The van der Waals surface area contributed by atoms with E-state index in [-0.39, 0.29) is 23.4 Å². The van der Waals surface area contributed by atoms with Gasteiger partial charge in [-0.3, -0.25) is 9.79 Å². The monoisotopic (exact) mass is 319 g/mol. The molecule has 1 aliphatic rings. The fourth-order valence-corrected chi connectivity index (χ4v) is 3.75. The van der Waals surface area contributed by atoms with Crippen LogP contribution in [-0.2, 0) is 9.53 Å². The molecule has 1 rings (SSSR count). The fourth-order valence-electron chi connectivity index (χ4n) is 2.02. The Kier molecular flexibility index (Phi) is 5.66. The third-order valence-electron chi connectivity index (χ3n) is 2.79. The van der Waals surface area contributed by atoms with Gasteiger partial charge in [0.25, 0.3) is 0 Å². The molecule has 1 amide bonds. The molecule has 1 saturated heterocycles. The van der Waals surface area contributed by atoms with E-state index in [1.54, 1.807) is 37.4 Å². The molecule has 0 bridgehead atoms. The summed E-state index contributed by atoms with van der Waals surface area (Å²) in [6.07, 6.45) is -0.696. The van der Waals surface area contributed by atoms with Gasteiger partial charge < -0.3 is 14.7 Å². The maximum absolute atomic E-state index is 12.3. The summed E-state index contributed by atoms with van der Waals surface area (Å²) in [5, 5.41) is 11.5. The van der Waals surface area contributed by atoms with Gasteiger partial charge >= 0.3 is 0 Å². The topological polar surface area (TPSA) is 65.0 Å². The van der Waals surface area contributed by atoms with Crippen molar-refractivity contribution in [3.8, 4) is 0 Å². The summed E-state index contributed by atoms with van der Waals surface area (Å²) in [6, 6.07) is 0.0830. The highest BCUT2D eigenvalue weighted by molar-refractivity contribution is 8.00. The Morgan fingerprint density at radius 3 is 2.65 bits per heavy atom. The van der Waals surface area contributed by atoms with Gasteiger partial charge in [-0.1, -0.05) is 20.8 Å². The Balaban J connectivity index is 2.68. The van der Waals surface area contributed by atoms with Crippen molar-refractivity contribution in [1.82, 2.24) is 4.90 Å². The SMILES string of the molecule is CC(C)(C)OC([O-])=NCC(=O)N1[C@@H](CS)CSC1(C)C. The van der Waals surface area contributed by atoms with Gasteiger partial charge in [0.2, 0.25) is 5.91 Å². The summed E-state index contributed by atoms with van der Waals surface area (Å²) in [4.78, 5) is 17.5. The predicted molar refractivity (Wildman–Crippen MR) is 84.2 cm³/mol. The number of thiol groups is 1. The summed E-state index contributed by atoms with van der Waals surface area (Å²) in [5.41, 5.74) is -0.597. The minimum absolute atomic E-state index is 0.0830. The van der Waals surface area contributed by atoms with Crippen LogP contribution < -0.4 is 5.11 Å². The lowest BCUT2D eigenvalue weighted by Crippen LogP contribution is -2.48. The third kappa shape index (κ3) is 4.77. The number of carbonyl (C=O) groups is 1. The predicted octanol–water partition coefficient (Wildman–Crippen LogP) is 1.13. The van der Waals surface area contributed by atoms with Gasteiger partial charge in [0, 0.05) is 17.1 Å². The molecule has 0 unspecified atom stereocenters. The molecular formula is C13H23N2O3S2-. The van der Waals surface area contributed by atoms with Crippen molar-refractivity contribution in [1.29, 1.82) is 0 Å². The average molecular weight is 319 g/mol. The van der Waals surface area contributed by atoms with Gasteiger partial charge in [0.15, 0.2) is 0 Å². The van der Waals surface area contributed by atoms with Gasteiger partial charge in [0.1, 0.15) is 12.6 Å². The molecule has 1 atom stereocenters. The molecule has 0 aromatic heterocycles. The quantitative estimate of drug-likeness (QED) is 0.481. The van der Waals surface area contributed by atoms with Crippen LogP contribution in [-0.4, -0.2) is 51.5 Å². The van der Waals surface area contributed by atoms with E-state index < -0.39 is 11.7 Å². The molecule has 5 nitrogen and oxygen atoms in total. The lowest BCUT2D eigenvalue weighted by Gasteiger charge is -2.34. The van der Waals surface area contributed by atoms with Crippen LogP contribution in [0.5, 0.6) is 0 Å². The van der Waals surface area contributed by atoms with E-state index in [1.807, 2.05) is 13.8 Å². The van der Waals surface area contributed by atoms with Crippen LogP contribution in [0.2, 0.25) is 0 Å². The summed E-state index contributed by atoms with van der Waals surface area (Å²) < 4.78 is 5.06. The van der Waals surface area contributed by atoms with Crippen LogP contribution in [0.4, 0.5) is 0 Å². The molecule has 0 radical (unpaired) electrons. The molecule has 116 valence electrons. The Hall–Kier alpha value is -0.560. The fraction of sp³-hybridized carbons (Fsp3) is 0.846. The Labute approximate surface area is 130 Å². The van der Waals surface area contributed by atoms with E-state index in [2.05, 4.69) is 17.6 Å². The first-order valence-corrected chi connectivity index (χ1v) is 8.16. The van der Waals surface area contributed by atoms with Crippen molar-refractivity contribution < 1.29 is 14.6 Å². The van der Waals surface area contributed by atoms with Crippen LogP contribution >= 0.6 is 24.4 Å². The normalized spacial score (nSPS) is 23.0. The molecule has 0 aliphatic carbocycles. The largest absolute Gasteiger partial charge is 0.595 e. The van der Waals surface area contributed by atoms with Crippen LogP contribution in [0.1, 0.15) is 34.6 Å². The van der Waals surface area contributed by atoms with Gasteiger partial charge in [-0.05, 0) is 13.8 Å². The van der Waals surface area contributed by atoms with Crippen molar-refractivity contribution >= 4 is 36.4 Å². The number of ether oxygens (including phenoxy) is 1. The van der Waals surface area contributed by atoms with Crippen molar-refractivity contribution in [2.75, 3.05) is 18.1 Å². The highest BCUT2D eigenvalue weighted by atomic mass is 32.2. The number of thioether (sulfide) groups is 1. The highest BCUT2D eigenvalue weighted by Crippen LogP contribution is 2.39. The average Bonchev–Trinajstić information content (AvgIpc) is 2.59. The maximum Gasteiger partial charge on any atom is 0.245 e. The Morgan fingerprint density at radius 2 is 2.15 bits per heavy atom. The van der Waals surface area contributed by atoms with E-state index in [1.165, 1.54) is 0 Å². The lowest BCUT2D eigenvalue weighted by atomic mass is 10.2. The number of hydrogen-bond donors (Lipinski definition) is 1. The van der Waals surface area contributed by atoms with E-state index in [9.17, 15) is 9.90 Å². The molecule has 1 aliphatic heterocycles. The van der Waals surface area contributed by atoms with Crippen molar-refractivity contribution in [3.05, 3.63) is 0 Å². The molecule has 1 fully saturated rings. The molecular weight excluding hydrogens is 296 g/mol. The molecule has 0 N–H and O–H groups in total. The molecule has 7 heteroatoms. The maximum atomic E-state index is 12.3. The second-order valence-electron chi connectivity index (χ2n) is 6.15. The van der Waals surface area contributed by atoms with Gasteiger partial charge in [-0.2, -0.15) is 12.6 Å². The number of nitrogens with zero attached hydrogens (tertiary/aromatic N) is 2. The molecule has 20 heavy (non-hydrogen) atoms. The number of hydrogen-bond acceptors (Lipinski definition) is 6. The highest BCUT2D eigenvalue weighted by Gasteiger charge is 2.42. The van der Waals surface area contributed by atoms with E-state index in [0.717, 1.165) is 5.75 Å². The second-order valence-corrected chi connectivity index (χ2v) is 8.14. The number of carbonyl (C=O) groups excluding carboxylic acids is 1. The van der Waals surface area contributed by atoms with Gasteiger partial charge in [-0.15, -0.1) is 11.8 Å². The summed E-state index contributed by atoms with van der Waals surface area (Å²) in [7, 11) is 0. The first-order valence-electron chi connectivity index (χ1n) is 6.54. The van der Waals surface area contributed by atoms with Crippen molar-refractivity contribution in [2.45, 2.75) is 51.1 Å². The van der Waals surface area contributed by atoms with Crippen LogP contribution in [0.25, 0.3) is 0 Å². The van der Waals surface area contributed by atoms with Gasteiger partial charge in [0.05, 0.1) is 10.9 Å². The second kappa shape index (κ2) is 6.47. The van der Waals surface area contributed by atoms with Crippen LogP contribution in [0.15, 0.2) is 4.99 Å². The molecule has 0 aromatic rings. The van der Waals surface area contributed by atoms with E-state index in [4.69, 9.17) is 4.74 Å². The smallest absolute Gasteiger partial charge is 0.245 e. The molecule has 1 heterocycles. The Bertz CT molecular complexity index is 392. The zero-order valence-corrected chi connectivity index (χ0v) is 14.4. The summed E-state index contributed by atoms with van der Waals surface area (Å²) in [5.74, 6) is 1.30.